The molecule has 0 N–H and O–H groups in total. The summed E-state index contributed by atoms with van der Waals surface area (Å²) in [7, 11) is 0. The normalized spacial score (nSPS) is 12.2. The van der Waals surface area contributed by atoms with E-state index in [1.807, 2.05) is 86.6 Å². The SMILES string of the molecule is Cc1ccc(/C(n2nnc3ccccc32)=[N+](/[O-])c2ccc(C)cc2)cc1. The van der Waals surface area contributed by atoms with Gasteiger partial charge in [0.1, 0.15) is 11.2 Å². The summed E-state index contributed by atoms with van der Waals surface area (Å²) in [4.78, 5) is 0. The Morgan fingerprint density at radius 2 is 1.46 bits per heavy atom. The third-order valence-corrected chi connectivity index (χ3v) is 4.32. The predicted octanol–water partition coefficient (Wildman–Crippen LogP) is 4.19. The fourth-order valence-corrected chi connectivity index (χ4v) is 2.86. The lowest BCUT2D eigenvalue weighted by molar-refractivity contribution is -0.363. The van der Waals surface area contributed by atoms with Crippen molar-refractivity contribution in [3.8, 4) is 0 Å². The first-order valence-corrected chi connectivity index (χ1v) is 8.42. The van der Waals surface area contributed by atoms with Crippen molar-refractivity contribution < 1.29 is 4.74 Å². The van der Waals surface area contributed by atoms with Gasteiger partial charge in [-0.2, -0.15) is 0 Å². The third-order valence-electron chi connectivity index (χ3n) is 4.32. The topological polar surface area (TPSA) is 56.8 Å². The minimum absolute atomic E-state index is 0.419. The van der Waals surface area contributed by atoms with Crippen LogP contribution in [0.25, 0.3) is 11.0 Å². The number of benzene rings is 3. The van der Waals surface area contributed by atoms with Crippen molar-refractivity contribution in [1.82, 2.24) is 15.0 Å². The number of aryl methyl sites for hydroxylation is 2. The van der Waals surface area contributed by atoms with Gasteiger partial charge in [-0.15, -0.1) is 5.10 Å². The van der Waals surface area contributed by atoms with Gasteiger partial charge in [0.15, 0.2) is 5.52 Å². The molecule has 5 heteroatoms. The van der Waals surface area contributed by atoms with Crippen LogP contribution < -0.4 is 0 Å². The van der Waals surface area contributed by atoms with Gasteiger partial charge in [0.25, 0.3) is 0 Å². The first-order valence-electron chi connectivity index (χ1n) is 8.42. The van der Waals surface area contributed by atoms with E-state index in [-0.39, 0.29) is 0 Å². The van der Waals surface area contributed by atoms with E-state index in [1.54, 1.807) is 4.68 Å². The standard InChI is InChI=1S/C21H18N4O/c1-15-7-11-17(12-8-15)21(25(26)18-13-9-16(2)10-14-18)24-20-6-4-3-5-19(20)22-23-24/h3-14H,1-2H3/b25-21-. The van der Waals surface area contributed by atoms with Crippen molar-refractivity contribution in [3.05, 3.63) is 94.7 Å². The number of hydrogen-bond acceptors (Lipinski definition) is 3. The molecule has 5 nitrogen and oxygen atoms in total. The van der Waals surface area contributed by atoms with Gasteiger partial charge in [0.2, 0.25) is 0 Å². The lowest BCUT2D eigenvalue weighted by Gasteiger charge is -2.14. The van der Waals surface area contributed by atoms with Crippen LogP contribution in [-0.4, -0.2) is 25.6 Å². The molecule has 0 aliphatic heterocycles. The van der Waals surface area contributed by atoms with Gasteiger partial charge in [-0.1, -0.05) is 52.2 Å². The largest absolute Gasteiger partial charge is 0.710 e. The molecule has 0 fully saturated rings. The molecule has 0 atom stereocenters. The predicted molar refractivity (Wildman–Crippen MR) is 103 cm³/mol. The number of hydrogen-bond donors (Lipinski definition) is 0. The van der Waals surface area contributed by atoms with Crippen LogP contribution in [0.1, 0.15) is 16.7 Å². The van der Waals surface area contributed by atoms with Crippen LogP contribution in [0.4, 0.5) is 5.69 Å². The average Bonchev–Trinajstić information content (AvgIpc) is 3.08. The van der Waals surface area contributed by atoms with Crippen LogP contribution in [0, 0.1) is 19.1 Å². The Hall–Kier alpha value is -3.47. The molecule has 0 aliphatic carbocycles. The van der Waals surface area contributed by atoms with E-state index in [1.165, 1.54) is 0 Å². The van der Waals surface area contributed by atoms with Crippen molar-refractivity contribution in [2.75, 3.05) is 0 Å². The van der Waals surface area contributed by atoms with Crippen molar-refractivity contribution in [2.45, 2.75) is 13.8 Å². The highest BCUT2D eigenvalue weighted by Gasteiger charge is 2.22. The summed E-state index contributed by atoms with van der Waals surface area (Å²) >= 11 is 0. The second kappa shape index (κ2) is 6.44. The maximum absolute atomic E-state index is 13.3. The molecule has 0 unspecified atom stereocenters. The van der Waals surface area contributed by atoms with E-state index in [0.29, 0.717) is 11.5 Å². The molecule has 1 heterocycles. The van der Waals surface area contributed by atoms with E-state index in [4.69, 9.17) is 0 Å². The highest BCUT2D eigenvalue weighted by atomic mass is 16.5. The Morgan fingerprint density at radius 1 is 0.846 bits per heavy atom. The second-order valence-corrected chi connectivity index (χ2v) is 6.31. The Kier molecular flexibility index (Phi) is 3.97. The molecular weight excluding hydrogens is 324 g/mol. The van der Waals surface area contributed by atoms with Crippen molar-refractivity contribution in [3.63, 3.8) is 0 Å². The number of rotatable bonds is 2. The van der Waals surface area contributed by atoms with Crippen LogP contribution in [-0.2, 0) is 0 Å². The van der Waals surface area contributed by atoms with E-state index in [2.05, 4.69) is 10.3 Å². The number of aromatic nitrogens is 3. The molecule has 4 aromatic rings. The number of para-hydroxylation sites is 1. The van der Waals surface area contributed by atoms with Crippen molar-refractivity contribution in [1.29, 1.82) is 0 Å². The number of fused-ring (bicyclic) bond motifs is 1. The Bertz CT molecular complexity index is 1090. The van der Waals surface area contributed by atoms with Crippen LogP contribution in [0.3, 0.4) is 0 Å². The summed E-state index contributed by atoms with van der Waals surface area (Å²) in [5.41, 5.74) is 5.09. The summed E-state index contributed by atoms with van der Waals surface area (Å²) in [6.07, 6.45) is 0. The Balaban J connectivity index is 1.99. The van der Waals surface area contributed by atoms with E-state index < -0.39 is 0 Å². The third kappa shape index (κ3) is 2.84. The molecule has 4 rings (SSSR count). The Labute approximate surface area is 151 Å². The summed E-state index contributed by atoms with van der Waals surface area (Å²) < 4.78 is 2.51. The zero-order chi connectivity index (χ0) is 18.1. The molecule has 0 amide bonds. The van der Waals surface area contributed by atoms with Crippen LogP contribution in [0.15, 0.2) is 72.8 Å². The molecule has 0 radical (unpaired) electrons. The molecule has 26 heavy (non-hydrogen) atoms. The molecule has 3 aromatic carbocycles. The fourth-order valence-electron chi connectivity index (χ4n) is 2.86. The van der Waals surface area contributed by atoms with Crippen molar-refractivity contribution >= 4 is 22.6 Å². The van der Waals surface area contributed by atoms with Crippen LogP contribution in [0.2, 0.25) is 0 Å². The molecule has 1 aromatic heterocycles. The van der Waals surface area contributed by atoms with E-state index in [9.17, 15) is 5.21 Å². The van der Waals surface area contributed by atoms with Gasteiger partial charge in [0, 0.05) is 5.21 Å². The molecule has 0 bridgehead atoms. The van der Waals surface area contributed by atoms with Gasteiger partial charge >= 0.3 is 5.84 Å². The highest BCUT2D eigenvalue weighted by Crippen LogP contribution is 2.18. The zero-order valence-corrected chi connectivity index (χ0v) is 14.6. The maximum Gasteiger partial charge on any atom is 0.319 e. The summed E-state index contributed by atoms with van der Waals surface area (Å²) in [5.74, 6) is 0.419. The first-order chi connectivity index (χ1) is 12.6. The first kappa shape index (κ1) is 16.0. The summed E-state index contributed by atoms with van der Waals surface area (Å²) in [6, 6.07) is 22.9. The molecule has 128 valence electrons. The van der Waals surface area contributed by atoms with Crippen LogP contribution >= 0.6 is 0 Å². The van der Waals surface area contributed by atoms with Gasteiger partial charge in [-0.3, -0.25) is 0 Å². The zero-order valence-electron chi connectivity index (χ0n) is 14.6. The molecule has 0 spiro atoms. The highest BCUT2D eigenvalue weighted by molar-refractivity contribution is 6.01. The second-order valence-electron chi connectivity index (χ2n) is 6.31. The minimum Gasteiger partial charge on any atom is -0.710 e. The monoisotopic (exact) mass is 342 g/mol. The quantitative estimate of drug-likeness (QED) is 0.180. The van der Waals surface area contributed by atoms with Crippen LogP contribution in [0.5, 0.6) is 0 Å². The molecule has 0 saturated heterocycles. The summed E-state index contributed by atoms with van der Waals surface area (Å²) in [6.45, 7) is 4.01. The average molecular weight is 342 g/mol. The molecule has 0 saturated carbocycles. The van der Waals surface area contributed by atoms with E-state index >= 15 is 0 Å². The molecular formula is C21H18N4O. The fraction of sp³-hybridized carbons (Fsp3) is 0.0952. The smallest absolute Gasteiger partial charge is 0.319 e. The van der Waals surface area contributed by atoms with Gasteiger partial charge < -0.3 is 5.21 Å². The van der Waals surface area contributed by atoms with Gasteiger partial charge in [0.05, 0.1) is 5.56 Å². The summed E-state index contributed by atoms with van der Waals surface area (Å²) in [5, 5.41) is 21.7. The lowest BCUT2D eigenvalue weighted by atomic mass is 10.1. The lowest BCUT2D eigenvalue weighted by Crippen LogP contribution is -2.23. The van der Waals surface area contributed by atoms with E-state index in [0.717, 1.165) is 32.5 Å². The minimum atomic E-state index is 0.419. The number of nitrogens with zero attached hydrogens (tertiary/aromatic N) is 4. The van der Waals surface area contributed by atoms with Gasteiger partial charge in [-0.05, 0) is 50.2 Å². The maximum atomic E-state index is 13.3. The van der Waals surface area contributed by atoms with Crippen molar-refractivity contribution in [2.24, 2.45) is 0 Å². The Morgan fingerprint density at radius 3 is 2.15 bits per heavy atom. The molecule has 0 aliphatic rings. The van der Waals surface area contributed by atoms with Gasteiger partial charge in [-0.25, -0.2) is 4.74 Å².